The molecular formula is C14H20N2O2. The highest BCUT2D eigenvalue weighted by Crippen LogP contribution is 2.30. The number of hydrogen-bond donors (Lipinski definition) is 1. The maximum atomic E-state index is 12.3. The molecule has 0 atom stereocenters. The van der Waals surface area contributed by atoms with E-state index in [0.29, 0.717) is 13.2 Å². The second-order valence-electron chi connectivity index (χ2n) is 5.50. The molecular weight excluding hydrogens is 228 g/mol. The molecule has 98 valence electrons. The molecule has 0 aliphatic carbocycles. The van der Waals surface area contributed by atoms with Gasteiger partial charge in [0.25, 0.3) is 0 Å². The van der Waals surface area contributed by atoms with Crippen molar-refractivity contribution >= 4 is 11.7 Å². The first-order valence-corrected chi connectivity index (χ1v) is 6.29. The summed E-state index contributed by atoms with van der Waals surface area (Å²) in [6, 6.07) is 7.59. The van der Waals surface area contributed by atoms with Crippen LogP contribution >= 0.6 is 0 Å². The predicted octanol–water partition coefficient (Wildman–Crippen LogP) is 2.78. The van der Waals surface area contributed by atoms with E-state index in [1.165, 1.54) is 0 Å². The van der Waals surface area contributed by atoms with Crippen molar-refractivity contribution in [3.05, 3.63) is 24.3 Å². The molecule has 0 bridgehead atoms. The molecule has 1 N–H and O–H groups in total. The Hall–Kier alpha value is -1.71. The van der Waals surface area contributed by atoms with Gasteiger partial charge in [0, 0.05) is 12.1 Å². The van der Waals surface area contributed by atoms with E-state index in [1.807, 2.05) is 45.0 Å². The monoisotopic (exact) mass is 248 g/mol. The lowest BCUT2D eigenvalue weighted by molar-refractivity contribution is 0.237. The minimum atomic E-state index is -0.237. The molecule has 1 aliphatic heterocycles. The van der Waals surface area contributed by atoms with Crippen LogP contribution in [-0.2, 0) is 0 Å². The minimum Gasteiger partial charge on any atom is -0.491 e. The zero-order chi connectivity index (χ0) is 13.2. The lowest BCUT2D eigenvalue weighted by Gasteiger charge is -2.27. The number of benzene rings is 1. The van der Waals surface area contributed by atoms with Crippen molar-refractivity contribution in [3.8, 4) is 5.75 Å². The number of hydrogen-bond acceptors (Lipinski definition) is 2. The van der Waals surface area contributed by atoms with Crippen molar-refractivity contribution in [2.24, 2.45) is 0 Å². The Labute approximate surface area is 108 Å². The van der Waals surface area contributed by atoms with Crippen LogP contribution in [0.25, 0.3) is 0 Å². The SMILES string of the molecule is CC(C)(C)NC(=O)N1CCCOc2ccccc21. The summed E-state index contributed by atoms with van der Waals surface area (Å²) in [6.45, 7) is 7.26. The Bertz CT molecular complexity index is 438. The summed E-state index contributed by atoms with van der Waals surface area (Å²) in [4.78, 5) is 14.0. The largest absolute Gasteiger partial charge is 0.491 e. The number of carbonyl (C=O) groups excluding carboxylic acids is 1. The fourth-order valence-corrected chi connectivity index (χ4v) is 1.93. The molecule has 2 rings (SSSR count). The number of rotatable bonds is 0. The van der Waals surface area contributed by atoms with Crippen molar-refractivity contribution in [2.45, 2.75) is 32.7 Å². The average molecular weight is 248 g/mol. The highest BCUT2D eigenvalue weighted by Gasteiger charge is 2.24. The van der Waals surface area contributed by atoms with E-state index in [9.17, 15) is 4.79 Å². The summed E-state index contributed by atoms with van der Waals surface area (Å²) in [6.07, 6.45) is 0.840. The van der Waals surface area contributed by atoms with Gasteiger partial charge >= 0.3 is 6.03 Å². The molecule has 4 heteroatoms. The van der Waals surface area contributed by atoms with Gasteiger partial charge in [-0.2, -0.15) is 0 Å². The molecule has 1 aromatic carbocycles. The number of para-hydroxylation sites is 2. The zero-order valence-corrected chi connectivity index (χ0v) is 11.2. The molecule has 0 aromatic heterocycles. The van der Waals surface area contributed by atoms with Crippen LogP contribution in [0.3, 0.4) is 0 Å². The summed E-state index contributed by atoms with van der Waals surface area (Å²) in [5.74, 6) is 0.777. The second kappa shape index (κ2) is 4.88. The molecule has 1 heterocycles. The van der Waals surface area contributed by atoms with Gasteiger partial charge < -0.3 is 10.1 Å². The third-order valence-electron chi connectivity index (χ3n) is 2.67. The highest BCUT2D eigenvalue weighted by molar-refractivity contribution is 5.94. The molecule has 0 radical (unpaired) electrons. The number of urea groups is 1. The van der Waals surface area contributed by atoms with Crippen LogP contribution in [0.1, 0.15) is 27.2 Å². The Morgan fingerprint density at radius 1 is 1.33 bits per heavy atom. The van der Waals surface area contributed by atoms with Gasteiger partial charge in [-0.25, -0.2) is 4.79 Å². The van der Waals surface area contributed by atoms with Gasteiger partial charge in [-0.05, 0) is 39.3 Å². The van der Waals surface area contributed by atoms with Crippen LogP contribution in [0.4, 0.5) is 10.5 Å². The van der Waals surface area contributed by atoms with Gasteiger partial charge in [-0.15, -0.1) is 0 Å². The van der Waals surface area contributed by atoms with Crippen molar-refractivity contribution < 1.29 is 9.53 Å². The number of nitrogens with one attached hydrogen (secondary N) is 1. The van der Waals surface area contributed by atoms with E-state index in [4.69, 9.17) is 4.74 Å². The number of nitrogens with zero attached hydrogens (tertiary/aromatic N) is 1. The zero-order valence-electron chi connectivity index (χ0n) is 11.2. The molecule has 0 saturated carbocycles. The topological polar surface area (TPSA) is 41.6 Å². The van der Waals surface area contributed by atoms with Crippen molar-refractivity contribution in [3.63, 3.8) is 0 Å². The molecule has 0 unspecified atom stereocenters. The van der Waals surface area contributed by atoms with E-state index >= 15 is 0 Å². The lowest BCUT2D eigenvalue weighted by Crippen LogP contribution is -2.48. The highest BCUT2D eigenvalue weighted by atomic mass is 16.5. The van der Waals surface area contributed by atoms with Gasteiger partial charge in [0.2, 0.25) is 0 Å². The number of amides is 2. The number of fused-ring (bicyclic) bond motifs is 1. The maximum absolute atomic E-state index is 12.3. The van der Waals surface area contributed by atoms with Crippen LogP contribution in [0.2, 0.25) is 0 Å². The Morgan fingerprint density at radius 3 is 2.78 bits per heavy atom. The minimum absolute atomic E-state index is 0.0690. The van der Waals surface area contributed by atoms with E-state index < -0.39 is 0 Å². The van der Waals surface area contributed by atoms with E-state index in [0.717, 1.165) is 17.9 Å². The van der Waals surface area contributed by atoms with Crippen LogP contribution in [0.15, 0.2) is 24.3 Å². The summed E-state index contributed by atoms with van der Waals surface area (Å²) in [5, 5.41) is 2.99. The normalized spacial score (nSPS) is 15.4. The van der Waals surface area contributed by atoms with E-state index in [2.05, 4.69) is 5.32 Å². The third-order valence-corrected chi connectivity index (χ3v) is 2.67. The van der Waals surface area contributed by atoms with Crippen LogP contribution in [-0.4, -0.2) is 24.7 Å². The summed E-state index contributed by atoms with van der Waals surface area (Å²) in [5.41, 5.74) is 0.607. The fraction of sp³-hybridized carbons (Fsp3) is 0.500. The summed E-state index contributed by atoms with van der Waals surface area (Å²) >= 11 is 0. The quantitative estimate of drug-likeness (QED) is 0.767. The standard InChI is InChI=1S/C14H20N2O2/c1-14(2,3)15-13(17)16-9-6-10-18-12-8-5-4-7-11(12)16/h4-5,7-8H,6,9-10H2,1-3H3,(H,15,17). The van der Waals surface area contributed by atoms with Gasteiger partial charge in [-0.3, -0.25) is 4.90 Å². The van der Waals surface area contributed by atoms with Gasteiger partial charge in [0.1, 0.15) is 5.75 Å². The number of carbonyl (C=O) groups is 1. The van der Waals surface area contributed by atoms with E-state index in [-0.39, 0.29) is 11.6 Å². The molecule has 0 fully saturated rings. The van der Waals surface area contributed by atoms with Crippen LogP contribution in [0, 0.1) is 0 Å². The van der Waals surface area contributed by atoms with Gasteiger partial charge in [0.05, 0.1) is 12.3 Å². The summed E-state index contributed by atoms with van der Waals surface area (Å²) in [7, 11) is 0. The molecule has 1 aliphatic rings. The van der Waals surface area contributed by atoms with E-state index in [1.54, 1.807) is 4.90 Å². The molecule has 1 aromatic rings. The van der Waals surface area contributed by atoms with Crippen molar-refractivity contribution in [2.75, 3.05) is 18.1 Å². The van der Waals surface area contributed by atoms with Gasteiger partial charge in [0.15, 0.2) is 0 Å². The average Bonchev–Trinajstić information content (AvgIpc) is 2.48. The Balaban J connectivity index is 2.25. The maximum Gasteiger partial charge on any atom is 0.322 e. The number of ether oxygens (including phenoxy) is 1. The second-order valence-corrected chi connectivity index (χ2v) is 5.50. The van der Waals surface area contributed by atoms with Gasteiger partial charge in [-0.1, -0.05) is 12.1 Å². The first-order valence-electron chi connectivity index (χ1n) is 6.29. The Morgan fingerprint density at radius 2 is 2.06 bits per heavy atom. The summed E-state index contributed by atoms with van der Waals surface area (Å²) < 4.78 is 5.64. The molecule has 0 saturated heterocycles. The first-order chi connectivity index (χ1) is 8.47. The van der Waals surface area contributed by atoms with Crippen molar-refractivity contribution in [1.29, 1.82) is 0 Å². The molecule has 18 heavy (non-hydrogen) atoms. The first kappa shape index (κ1) is 12.7. The Kier molecular flexibility index (Phi) is 3.45. The molecule has 2 amide bonds. The predicted molar refractivity (Wildman–Crippen MR) is 72.2 cm³/mol. The number of anilines is 1. The lowest BCUT2D eigenvalue weighted by atomic mass is 10.1. The molecule has 0 spiro atoms. The molecule has 4 nitrogen and oxygen atoms in total. The third kappa shape index (κ3) is 2.94. The van der Waals surface area contributed by atoms with Crippen LogP contribution in [0.5, 0.6) is 5.75 Å². The van der Waals surface area contributed by atoms with Crippen molar-refractivity contribution in [1.82, 2.24) is 5.32 Å². The smallest absolute Gasteiger partial charge is 0.322 e. The van der Waals surface area contributed by atoms with Crippen LogP contribution < -0.4 is 15.0 Å². The fourth-order valence-electron chi connectivity index (χ4n) is 1.93.